The summed E-state index contributed by atoms with van der Waals surface area (Å²) in [5.41, 5.74) is 0. The summed E-state index contributed by atoms with van der Waals surface area (Å²) in [5, 5.41) is 0.216. The molecule has 2 aliphatic rings. The number of rotatable bonds is 2. The van der Waals surface area contributed by atoms with Crippen LogP contribution in [0, 0.1) is 0 Å². The number of alkyl halides is 3. The third-order valence-electron chi connectivity index (χ3n) is 2.87. The number of fused-ring (bicyclic) bond motifs is 2. The minimum Gasteiger partial charge on any atom is -0.724 e. The monoisotopic (exact) mass is 312 g/mol. The van der Waals surface area contributed by atoms with Gasteiger partial charge in [0.1, 0.15) is 6.04 Å². The number of urea groups is 1. The first-order valence-electron chi connectivity index (χ1n) is 4.91. The Morgan fingerprint density at radius 3 is 2.37 bits per heavy atom. The van der Waals surface area contributed by atoms with Gasteiger partial charge in [0.05, 0.1) is 6.04 Å². The van der Waals surface area contributed by atoms with E-state index in [-0.39, 0.29) is 54.0 Å². The van der Waals surface area contributed by atoms with Gasteiger partial charge < -0.3 is 9.45 Å². The van der Waals surface area contributed by atoms with Gasteiger partial charge in [0.2, 0.25) is 10.4 Å². The molecule has 0 aromatic heterocycles. The third kappa shape index (κ3) is 3.52. The minimum absolute atomic E-state index is 0. The van der Waals surface area contributed by atoms with Crippen LogP contribution in [0.1, 0.15) is 12.8 Å². The van der Waals surface area contributed by atoms with Crippen molar-refractivity contribution in [3.63, 3.8) is 0 Å². The van der Waals surface area contributed by atoms with Gasteiger partial charge in [0.15, 0.2) is 0 Å². The van der Waals surface area contributed by atoms with Crippen LogP contribution in [-0.2, 0) is 14.7 Å². The van der Waals surface area contributed by atoms with Gasteiger partial charge >= 0.3 is 41.8 Å². The maximum atomic E-state index is 12.6. The maximum absolute atomic E-state index is 12.6. The Morgan fingerprint density at radius 2 is 1.89 bits per heavy atom. The van der Waals surface area contributed by atoms with Crippen molar-refractivity contribution >= 4 is 16.4 Å². The zero-order chi connectivity index (χ0) is 13.7. The molecule has 104 valence electrons. The van der Waals surface area contributed by atoms with Gasteiger partial charge in [-0.3, -0.25) is 0 Å². The smallest absolute Gasteiger partial charge is 0.724 e. The van der Waals surface area contributed by atoms with E-state index in [1.165, 1.54) is 0 Å². The largest absolute Gasteiger partial charge is 1.00 e. The predicted molar refractivity (Wildman–Crippen MR) is 47.6 cm³/mol. The number of hydroxylamine groups is 2. The van der Waals surface area contributed by atoms with Crippen LogP contribution in [0.5, 0.6) is 0 Å². The summed E-state index contributed by atoms with van der Waals surface area (Å²) in [6.45, 7) is -0.307. The molecule has 2 fully saturated rings. The first-order chi connectivity index (χ1) is 8.09. The van der Waals surface area contributed by atoms with Gasteiger partial charge in [0.25, 0.3) is 0 Å². The van der Waals surface area contributed by atoms with Gasteiger partial charge in [-0.25, -0.2) is 13.2 Å². The van der Waals surface area contributed by atoms with Gasteiger partial charge in [-0.1, -0.05) is 0 Å². The standard InChI is InChI=1S/C7H9F3N2O5S.Na/c8-7(9,10)5-2-1-4-3-11(5)6(13)12(4)17-18(14,15)16;/h4-5H,1-3H2,(H,14,15,16);/q;+1/p-1. The van der Waals surface area contributed by atoms with Gasteiger partial charge in [-0.15, -0.1) is 0 Å². The van der Waals surface area contributed by atoms with E-state index in [0.29, 0.717) is 4.90 Å². The number of piperidine rings is 1. The van der Waals surface area contributed by atoms with Crippen molar-refractivity contribution in [1.82, 2.24) is 9.96 Å². The molecule has 7 nitrogen and oxygen atoms in total. The van der Waals surface area contributed by atoms with Gasteiger partial charge in [-0.2, -0.15) is 22.5 Å². The van der Waals surface area contributed by atoms with Gasteiger partial charge in [0, 0.05) is 6.54 Å². The normalized spacial score (nSPS) is 27.5. The summed E-state index contributed by atoms with van der Waals surface area (Å²) in [4.78, 5) is 12.0. The summed E-state index contributed by atoms with van der Waals surface area (Å²) in [6.07, 6.45) is -5.02. The quantitative estimate of drug-likeness (QED) is 0.312. The molecule has 0 aliphatic carbocycles. The SMILES string of the molecule is O=C1N2CC(CCC2C(F)(F)F)N1OS(=O)(=O)[O-].[Na+]. The van der Waals surface area contributed by atoms with Crippen LogP contribution in [0.25, 0.3) is 0 Å². The van der Waals surface area contributed by atoms with Crippen molar-refractivity contribution in [1.29, 1.82) is 0 Å². The van der Waals surface area contributed by atoms with E-state index >= 15 is 0 Å². The van der Waals surface area contributed by atoms with Crippen LogP contribution < -0.4 is 29.6 Å². The predicted octanol–water partition coefficient (Wildman–Crippen LogP) is -2.79. The van der Waals surface area contributed by atoms with Crippen LogP contribution in [0.4, 0.5) is 18.0 Å². The molecule has 2 rings (SSSR count). The minimum atomic E-state index is -5.18. The average molecular weight is 312 g/mol. The molecule has 19 heavy (non-hydrogen) atoms. The summed E-state index contributed by atoms with van der Waals surface area (Å²) >= 11 is 0. The number of hydrogen-bond donors (Lipinski definition) is 0. The van der Waals surface area contributed by atoms with E-state index in [2.05, 4.69) is 4.28 Å². The molecule has 2 saturated heterocycles. The van der Waals surface area contributed by atoms with Crippen LogP contribution in [0.3, 0.4) is 0 Å². The van der Waals surface area contributed by atoms with E-state index in [1.54, 1.807) is 0 Å². The van der Waals surface area contributed by atoms with Crippen molar-refractivity contribution in [3.8, 4) is 0 Å². The van der Waals surface area contributed by atoms with E-state index in [1.807, 2.05) is 0 Å². The third-order valence-corrected chi connectivity index (χ3v) is 3.22. The Hall–Kier alpha value is -0.0700. The molecule has 2 atom stereocenters. The summed E-state index contributed by atoms with van der Waals surface area (Å²) < 4.78 is 72.8. The Labute approximate surface area is 128 Å². The average Bonchev–Trinajstić information content (AvgIpc) is 2.40. The van der Waals surface area contributed by atoms with E-state index in [0.717, 1.165) is 0 Å². The second kappa shape index (κ2) is 5.37. The Bertz CT molecular complexity index is 470. The number of amides is 2. The summed E-state index contributed by atoms with van der Waals surface area (Å²) in [7, 11) is -5.18. The fraction of sp³-hybridized carbons (Fsp3) is 0.857. The topological polar surface area (TPSA) is 90.0 Å². The number of carbonyl (C=O) groups excluding carboxylic acids is 1. The number of nitrogens with zero attached hydrogens (tertiary/aromatic N) is 2. The molecule has 2 heterocycles. The molecule has 0 aromatic rings. The molecule has 12 heteroatoms. The Morgan fingerprint density at radius 1 is 1.32 bits per heavy atom. The summed E-state index contributed by atoms with van der Waals surface area (Å²) in [6, 6.07) is -4.07. The molecule has 2 aliphatic heterocycles. The second-order valence-electron chi connectivity index (χ2n) is 4.03. The Kier molecular flexibility index (Phi) is 4.80. The Balaban J connectivity index is 0.00000180. The van der Waals surface area contributed by atoms with Crippen LogP contribution in [0.2, 0.25) is 0 Å². The van der Waals surface area contributed by atoms with Crippen LogP contribution in [0.15, 0.2) is 0 Å². The molecule has 2 bridgehead atoms. The van der Waals surface area contributed by atoms with Crippen molar-refractivity contribution < 1.29 is 64.8 Å². The molecular formula is C7H8F3N2NaO5S. The molecule has 0 saturated carbocycles. The first-order valence-corrected chi connectivity index (χ1v) is 6.25. The number of hydrogen-bond acceptors (Lipinski definition) is 5. The molecule has 0 spiro atoms. The molecule has 0 aromatic carbocycles. The fourth-order valence-corrected chi connectivity index (χ4v) is 2.55. The first kappa shape index (κ1) is 17.0. The van der Waals surface area contributed by atoms with Crippen LogP contribution >= 0.6 is 0 Å². The van der Waals surface area contributed by atoms with Crippen molar-refractivity contribution in [2.24, 2.45) is 0 Å². The molecule has 2 amide bonds. The zero-order valence-corrected chi connectivity index (χ0v) is 12.6. The van der Waals surface area contributed by atoms with Crippen molar-refractivity contribution in [3.05, 3.63) is 0 Å². The molecule has 0 N–H and O–H groups in total. The summed E-state index contributed by atoms with van der Waals surface area (Å²) in [5.74, 6) is 0. The molecule has 0 radical (unpaired) electrons. The van der Waals surface area contributed by atoms with Crippen LogP contribution in [-0.4, -0.2) is 53.8 Å². The van der Waals surface area contributed by atoms with Crippen molar-refractivity contribution in [2.75, 3.05) is 6.54 Å². The number of carbonyl (C=O) groups is 1. The van der Waals surface area contributed by atoms with E-state index in [9.17, 15) is 30.9 Å². The fourth-order valence-electron chi connectivity index (χ4n) is 2.17. The van der Waals surface area contributed by atoms with Gasteiger partial charge in [-0.05, 0) is 12.8 Å². The van der Waals surface area contributed by atoms with E-state index < -0.39 is 34.7 Å². The zero-order valence-electron chi connectivity index (χ0n) is 9.75. The maximum Gasteiger partial charge on any atom is 1.00 e. The molecule has 2 unspecified atom stereocenters. The second-order valence-corrected chi connectivity index (χ2v) is 5.00. The number of halogens is 3. The van der Waals surface area contributed by atoms with Crippen molar-refractivity contribution in [2.45, 2.75) is 31.1 Å². The van der Waals surface area contributed by atoms with E-state index in [4.69, 9.17) is 0 Å². The molecular weight excluding hydrogens is 304 g/mol.